The topological polar surface area (TPSA) is 55.6 Å². The molecule has 1 heterocycles. The Morgan fingerprint density at radius 1 is 1.35 bits per heavy atom. The lowest BCUT2D eigenvalue weighted by atomic mass is 9.99. The number of hydrogen-bond acceptors (Lipinski definition) is 3. The number of likely N-dealkylation sites (N-methyl/N-ethyl adjacent to an activating group) is 1. The minimum atomic E-state index is -0.569. The molecule has 0 aliphatic carbocycles. The predicted molar refractivity (Wildman–Crippen MR) is 79.3 cm³/mol. The van der Waals surface area contributed by atoms with Crippen LogP contribution in [0.4, 0.5) is 0 Å². The lowest BCUT2D eigenvalue weighted by Crippen LogP contribution is -2.39. The summed E-state index contributed by atoms with van der Waals surface area (Å²) in [4.78, 5) is 14.1. The Hall–Kier alpha value is -1.39. The van der Waals surface area contributed by atoms with Crippen molar-refractivity contribution in [2.75, 3.05) is 26.8 Å². The van der Waals surface area contributed by atoms with Crippen molar-refractivity contribution in [2.45, 2.75) is 25.8 Å². The molecule has 0 saturated carbocycles. The first-order valence-corrected chi connectivity index (χ1v) is 7.23. The average Bonchev–Trinajstić information content (AvgIpc) is 2.47. The summed E-state index contributed by atoms with van der Waals surface area (Å²) in [5, 5.41) is 0. The summed E-state index contributed by atoms with van der Waals surface area (Å²) in [6.07, 6.45) is 2.05. The highest BCUT2D eigenvalue weighted by atomic mass is 16.5. The fraction of sp³-hybridized carbons (Fsp3) is 0.562. The third kappa shape index (κ3) is 3.81. The Morgan fingerprint density at radius 2 is 1.95 bits per heavy atom. The molecule has 1 unspecified atom stereocenters. The third-order valence-electron chi connectivity index (χ3n) is 3.95. The van der Waals surface area contributed by atoms with Crippen LogP contribution < -0.4 is 5.73 Å². The molecule has 0 bridgehead atoms. The van der Waals surface area contributed by atoms with Gasteiger partial charge < -0.3 is 15.4 Å². The molecule has 1 atom stereocenters. The molecule has 2 rings (SSSR count). The first-order chi connectivity index (χ1) is 9.58. The van der Waals surface area contributed by atoms with Crippen LogP contribution in [-0.4, -0.2) is 37.6 Å². The Morgan fingerprint density at radius 3 is 2.55 bits per heavy atom. The molecule has 1 aliphatic heterocycles. The van der Waals surface area contributed by atoms with Crippen molar-refractivity contribution >= 4 is 5.91 Å². The van der Waals surface area contributed by atoms with Crippen LogP contribution in [0.2, 0.25) is 0 Å². The molecule has 1 aliphatic rings. The molecule has 1 fully saturated rings. The molecule has 0 spiro atoms. The second-order valence-electron chi connectivity index (χ2n) is 5.66. The van der Waals surface area contributed by atoms with Crippen molar-refractivity contribution < 1.29 is 9.53 Å². The number of aryl methyl sites for hydroxylation is 1. The predicted octanol–water partition coefficient (Wildman–Crippen LogP) is 1.88. The van der Waals surface area contributed by atoms with Gasteiger partial charge in [-0.3, -0.25) is 4.79 Å². The van der Waals surface area contributed by atoms with E-state index in [1.54, 1.807) is 4.90 Å². The summed E-state index contributed by atoms with van der Waals surface area (Å²) in [7, 11) is 1.84. The number of nitrogens with zero attached hydrogens (tertiary/aromatic N) is 1. The Balaban J connectivity index is 1.93. The quantitative estimate of drug-likeness (QED) is 0.913. The van der Waals surface area contributed by atoms with E-state index in [0.717, 1.165) is 38.2 Å². The molecule has 1 saturated heterocycles. The van der Waals surface area contributed by atoms with E-state index in [1.165, 1.54) is 5.56 Å². The third-order valence-corrected chi connectivity index (χ3v) is 3.95. The van der Waals surface area contributed by atoms with Crippen molar-refractivity contribution in [2.24, 2.45) is 11.7 Å². The molecule has 2 N–H and O–H groups in total. The number of benzene rings is 1. The van der Waals surface area contributed by atoms with E-state index in [0.29, 0.717) is 5.92 Å². The number of hydrogen-bond donors (Lipinski definition) is 1. The van der Waals surface area contributed by atoms with Crippen LogP contribution in [0.3, 0.4) is 0 Å². The van der Waals surface area contributed by atoms with Crippen molar-refractivity contribution in [3.8, 4) is 0 Å². The molecular formula is C16H24N2O2. The number of carbonyl (C=O) groups excluding carboxylic acids is 1. The molecule has 1 aromatic carbocycles. The Kier molecular flexibility index (Phi) is 5.15. The first kappa shape index (κ1) is 15.0. The van der Waals surface area contributed by atoms with Gasteiger partial charge in [0.1, 0.15) is 6.04 Å². The zero-order valence-corrected chi connectivity index (χ0v) is 12.3. The summed E-state index contributed by atoms with van der Waals surface area (Å²) in [6.45, 7) is 4.39. The number of rotatable bonds is 4. The van der Waals surface area contributed by atoms with Crippen molar-refractivity contribution in [3.63, 3.8) is 0 Å². The van der Waals surface area contributed by atoms with Crippen molar-refractivity contribution in [1.29, 1.82) is 0 Å². The van der Waals surface area contributed by atoms with Gasteiger partial charge in [0.05, 0.1) is 0 Å². The van der Waals surface area contributed by atoms with Crippen LogP contribution in [-0.2, 0) is 9.53 Å². The van der Waals surface area contributed by atoms with Gasteiger partial charge in [0.15, 0.2) is 0 Å². The molecule has 1 amide bonds. The summed E-state index contributed by atoms with van der Waals surface area (Å²) < 4.78 is 5.34. The highest BCUT2D eigenvalue weighted by Crippen LogP contribution is 2.18. The maximum Gasteiger partial charge on any atom is 0.243 e. The second-order valence-corrected chi connectivity index (χ2v) is 5.66. The van der Waals surface area contributed by atoms with Gasteiger partial charge in [-0.2, -0.15) is 0 Å². The van der Waals surface area contributed by atoms with E-state index < -0.39 is 6.04 Å². The van der Waals surface area contributed by atoms with E-state index in [1.807, 2.05) is 38.2 Å². The molecular weight excluding hydrogens is 252 g/mol. The molecule has 1 aromatic rings. The van der Waals surface area contributed by atoms with Gasteiger partial charge in [0.25, 0.3) is 0 Å². The standard InChI is InChI=1S/C16H24N2O2/c1-12-3-5-14(6-4-12)15(17)16(19)18(2)11-13-7-9-20-10-8-13/h3-6,13,15H,7-11,17H2,1-2H3. The zero-order chi connectivity index (χ0) is 14.5. The van der Waals surface area contributed by atoms with E-state index in [2.05, 4.69) is 0 Å². The number of amides is 1. The van der Waals surface area contributed by atoms with Crippen molar-refractivity contribution in [1.82, 2.24) is 4.90 Å². The monoisotopic (exact) mass is 276 g/mol. The number of carbonyl (C=O) groups is 1. The summed E-state index contributed by atoms with van der Waals surface area (Å²) in [6, 6.07) is 7.27. The molecule has 0 aromatic heterocycles. The minimum Gasteiger partial charge on any atom is -0.381 e. The fourth-order valence-corrected chi connectivity index (χ4v) is 2.56. The number of nitrogens with two attached hydrogens (primary N) is 1. The molecule has 110 valence electrons. The van der Waals surface area contributed by atoms with Gasteiger partial charge >= 0.3 is 0 Å². The maximum absolute atomic E-state index is 12.4. The Labute approximate surface area is 120 Å². The van der Waals surface area contributed by atoms with E-state index in [-0.39, 0.29) is 5.91 Å². The van der Waals surface area contributed by atoms with E-state index in [9.17, 15) is 4.79 Å². The van der Waals surface area contributed by atoms with Crippen LogP contribution in [0.25, 0.3) is 0 Å². The minimum absolute atomic E-state index is 0.0136. The highest BCUT2D eigenvalue weighted by Gasteiger charge is 2.23. The van der Waals surface area contributed by atoms with E-state index >= 15 is 0 Å². The fourth-order valence-electron chi connectivity index (χ4n) is 2.56. The van der Waals surface area contributed by atoms with Crippen LogP contribution in [0.1, 0.15) is 30.0 Å². The zero-order valence-electron chi connectivity index (χ0n) is 12.3. The molecule has 4 heteroatoms. The lowest BCUT2D eigenvalue weighted by molar-refractivity contribution is -0.132. The largest absolute Gasteiger partial charge is 0.381 e. The Bertz CT molecular complexity index is 438. The van der Waals surface area contributed by atoms with Crippen LogP contribution >= 0.6 is 0 Å². The van der Waals surface area contributed by atoms with Crippen LogP contribution in [0.5, 0.6) is 0 Å². The average molecular weight is 276 g/mol. The molecule has 20 heavy (non-hydrogen) atoms. The van der Waals surface area contributed by atoms with Gasteiger partial charge in [-0.1, -0.05) is 29.8 Å². The lowest BCUT2D eigenvalue weighted by Gasteiger charge is -2.28. The summed E-state index contributed by atoms with van der Waals surface area (Å²) >= 11 is 0. The SMILES string of the molecule is Cc1ccc(C(N)C(=O)N(C)CC2CCOCC2)cc1. The van der Waals surface area contributed by atoms with E-state index in [4.69, 9.17) is 10.5 Å². The van der Waals surface area contributed by atoms with Gasteiger partial charge in [0, 0.05) is 26.8 Å². The maximum atomic E-state index is 12.4. The second kappa shape index (κ2) is 6.86. The molecule has 4 nitrogen and oxygen atoms in total. The van der Waals surface area contributed by atoms with Gasteiger partial charge in [-0.15, -0.1) is 0 Å². The van der Waals surface area contributed by atoms with Gasteiger partial charge in [-0.25, -0.2) is 0 Å². The van der Waals surface area contributed by atoms with Gasteiger partial charge in [0.2, 0.25) is 5.91 Å². The first-order valence-electron chi connectivity index (χ1n) is 7.23. The highest BCUT2D eigenvalue weighted by molar-refractivity contribution is 5.82. The van der Waals surface area contributed by atoms with Crippen molar-refractivity contribution in [3.05, 3.63) is 35.4 Å². The molecule has 0 radical (unpaired) electrons. The number of ether oxygens (including phenoxy) is 1. The smallest absolute Gasteiger partial charge is 0.243 e. The van der Waals surface area contributed by atoms with Crippen LogP contribution in [0, 0.1) is 12.8 Å². The van der Waals surface area contributed by atoms with Gasteiger partial charge in [-0.05, 0) is 31.2 Å². The summed E-state index contributed by atoms with van der Waals surface area (Å²) in [5.41, 5.74) is 8.12. The normalized spacial score (nSPS) is 17.8. The van der Waals surface area contributed by atoms with Crippen LogP contribution in [0.15, 0.2) is 24.3 Å². The summed E-state index contributed by atoms with van der Waals surface area (Å²) in [5.74, 6) is 0.517.